The van der Waals surface area contributed by atoms with Crippen molar-refractivity contribution < 1.29 is 9.53 Å². The Balaban J connectivity index is 2.24. The van der Waals surface area contributed by atoms with E-state index in [0.29, 0.717) is 6.42 Å². The minimum atomic E-state index is -0.193. The van der Waals surface area contributed by atoms with E-state index in [1.54, 1.807) is 0 Å². The van der Waals surface area contributed by atoms with Gasteiger partial charge in [-0.1, -0.05) is 30.3 Å². The van der Waals surface area contributed by atoms with Crippen LogP contribution in [0.3, 0.4) is 0 Å². The fraction of sp³-hybridized carbons (Fsp3) is 0.417. The van der Waals surface area contributed by atoms with Gasteiger partial charge in [-0.05, 0) is 12.5 Å². The summed E-state index contributed by atoms with van der Waals surface area (Å²) in [6, 6.07) is 9.92. The molecule has 3 atom stereocenters. The minimum absolute atomic E-state index is 0.103. The number of benzene rings is 1. The van der Waals surface area contributed by atoms with E-state index in [0.717, 1.165) is 5.56 Å². The largest absolute Gasteiger partial charge is 0.460 e. The number of alkyl halides is 1. The number of hydrogen-bond acceptors (Lipinski definition) is 2. The summed E-state index contributed by atoms with van der Waals surface area (Å²) in [5, 5.41) is -0.151. The molecule has 80 valence electrons. The second-order valence-corrected chi connectivity index (χ2v) is 4.54. The Labute approximate surface area is 94.2 Å². The molecule has 1 aromatic carbocycles. The number of hydrogen-bond donors (Lipinski definition) is 0. The number of rotatable bonds is 2. The predicted molar refractivity (Wildman–Crippen MR) is 59.0 cm³/mol. The third kappa shape index (κ3) is 2.15. The van der Waals surface area contributed by atoms with Gasteiger partial charge in [0.05, 0.1) is 11.8 Å². The van der Waals surface area contributed by atoms with Crippen LogP contribution in [0.1, 0.15) is 24.8 Å². The summed E-state index contributed by atoms with van der Waals surface area (Å²) in [5.41, 5.74) is 1.13. The first-order valence-electron chi connectivity index (χ1n) is 5.07. The molecule has 1 fully saturated rings. The summed E-state index contributed by atoms with van der Waals surface area (Å²) >= 11 is 6.02. The van der Waals surface area contributed by atoms with Crippen LogP contribution in [0.2, 0.25) is 0 Å². The van der Waals surface area contributed by atoms with Crippen molar-refractivity contribution in [2.24, 2.45) is 0 Å². The number of esters is 1. The van der Waals surface area contributed by atoms with Gasteiger partial charge in [0.25, 0.3) is 0 Å². The lowest BCUT2D eigenvalue weighted by atomic mass is 9.91. The molecule has 0 radical (unpaired) electrons. The Morgan fingerprint density at radius 3 is 2.67 bits per heavy atom. The predicted octanol–water partition coefficient (Wildman–Crippen LogP) is 2.71. The van der Waals surface area contributed by atoms with E-state index in [4.69, 9.17) is 16.3 Å². The minimum Gasteiger partial charge on any atom is -0.460 e. The molecule has 15 heavy (non-hydrogen) atoms. The molecule has 2 nitrogen and oxygen atoms in total. The third-order valence-electron chi connectivity index (χ3n) is 2.73. The molecule has 0 aromatic heterocycles. The Morgan fingerprint density at radius 2 is 2.07 bits per heavy atom. The highest BCUT2D eigenvalue weighted by Gasteiger charge is 2.38. The lowest BCUT2D eigenvalue weighted by molar-refractivity contribution is -0.141. The Hall–Kier alpha value is -1.02. The van der Waals surface area contributed by atoms with Crippen molar-refractivity contribution in [1.82, 2.24) is 0 Å². The van der Waals surface area contributed by atoms with E-state index in [-0.39, 0.29) is 23.4 Å². The van der Waals surface area contributed by atoms with Gasteiger partial charge in [0.2, 0.25) is 0 Å². The van der Waals surface area contributed by atoms with Crippen LogP contribution >= 0.6 is 11.6 Å². The molecule has 1 aliphatic rings. The van der Waals surface area contributed by atoms with E-state index in [2.05, 4.69) is 0 Å². The van der Waals surface area contributed by atoms with E-state index in [9.17, 15) is 4.79 Å². The Kier molecular flexibility index (Phi) is 2.96. The van der Waals surface area contributed by atoms with Gasteiger partial charge in [-0.25, -0.2) is 0 Å². The van der Waals surface area contributed by atoms with Crippen molar-refractivity contribution in [3.05, 3.63) is 35.9 Å². The Bertz CT molecular complexity index is 348. The van der Waals surface area contributed by atoms with E-state index < -0.39 is 0 Å². The molecule has 0 N–H and O–H groups in total. The highest BCUT2D eigenvalue weighted by atomic mass is 35.5. The molecule has 2 rings (SSSR count). The first-order chi connectivity index (χ1) is 7.18. The average Bonchev–Trinajstić information content (AvgIpc) is 2.62. The van der Waals surface area contributed by atoms with E-state index in [1.165, 1.54) is 0 Å². The van der Waals surface area contributed by atoms with Gasteiger partial charge >= 0.3 is 5.97 Å². The van der Waals surface area contributed by atoms with Gasteiger partial charge in [0.1, 0.15) is 6.10 Å². The molecule has 1 heterocycles. The standard InChI is InChI=1S/C12H13ClO2/c1-8(13)12-10(7-11(14)15-12)9-5-3-2-4-6-9/h2-6,8,10,12H,7H2,1H3/t8?,10-,12?/m0/s1. The maximum atomic E-state index is 11.3. The topological polar surface area (TPSA) is 26.3 Å². The fourth-order valence-electron chi connectivity index (χ4n) is 2.00. The number of halogens is 1. The van der Waals surface area contributed by atoms with E-state index in [1.807, 2.05) is 37.3 Å². The third-order valence-corrected chi connectivity index (χ3v) is 2.98. The van der Waals surface area contributed by atoms with Gasteiger partial charge in [-0.15, -0.1) is 11.6 Å². The van der Waals surface area contributed by atoms with Crippen LogP contribution in [0, 0.1) is 0 Å². The highest BCUT2D eigenvalue weighted by molar-refractivity contribution is 6.21. The lowest BCUT2D eigenvalue weighted by Crippen LogP contribution is -2.23. The molecule has 3 heteroatoms. The maximum absolute atomic E-state index is 11.3. The van der Waals surface area contributed by atoms with Crippen molar-refractivity contribution in [1.29, 1.82) is 0 Å². The zero-order valence-corrected chi connectivity index (χ0v) is 9.28. The summed E-state index contributed by atoms with van der Waals surface area (Å²) in [4.78, 5) is 11.3. The fourth-order valence-corrected chi connectivity index (χ4v) is 2.23. The molecule has 0 spiro atoms. The van der Waals surface area contributed by atoms with Gasteiger partial charge in [0.15, 0.2) is 0 Å². The number of carbonyl (C=O) groups excluding carboxylic acids is 1. The van der Waals surface area contributed by atoms with Crippen molar-refractivity contribution in [2.45, 2.75) is 30.7 Å². The first-order valence-corrected chi connectivity index (χ1v) is 5.50. The summed E-state index contributed by atoms with van der Waals surface area (Å²) in [6.07, 6.45) is 0.243. The Morgan fingerprint density at radius 1 is 1.40 bits per heavy atom. The van der Waals surface area contributed by atoms with Crippen LogP contribution in [0.5, 0.6) is 0 Å². The molecule has 0 amide bonds. The van der Waals surface area contributed by atoms with Crippen LogP contribution in [-0.4, -0.2) is 17.5 Å². The van der Waals surface area contributed by atoms with Crippen LogP contribution in [0.25, 0.3) is 0 Å². The number of cyclic esters (lactones) is 1. The van der Waals surface area contributed by atoms with Crippen LogP contribution in [0.4, 0.5) is 0 Å². The zero-order chi connectivity index (χ0) is 10.8. The molecule has 2 unspecified atom stereocenters. The molecular weight excluding hydrogens is 212 g/mol. The highest BCUT2D eigenvalue weighted by Crippen LogP contribution is 2.35. The van der Waals surface area contributed by atoms with Gasteiger partial charge in [-0.2, -0.15) is 0 Å². The van der Waals surface area contributed by atoms with Gasteiger partial charge < -0.3 is 4.74 Å². The smallest absolute Gasteiger partial charge is 0.306 e. The van der Waals surface area contributed by atoms with Crippen molar-refractivity contribution in [2.75, 3.05) is 0 Å². The second kappa shape index (κ2) is 4.23. The van der Waals surface area contributed by atoms with Crippen LogP contribution in [-0.2, 0) is 9.53 Å². The molecule has 1 aromatic rings. The molecular formula is C12H13ClO2. The molecule has 0 saturated carbocycles. The van der Waals surface area contributed by atoms with Gasteiger partial charge in [-0.3, -0.25) is 4.79 Å². The quantitative estimate of drug-likeness (QED) is 0.570. The molecule has 0 aliphatic carbocycles. The summed E-state index contributed by atoms with van der Waals surface area (Å²) < 4.78 is 5.22. The normalized spacial score (nSPS) is 27.5. The summed E-state index contributed by atoms with van der Waals surface area (Å²) in [5.74, 6) is -0.0486. The maximum Gasteiger partial charge on any atom is 0.306 e. The number of carbonyl (C=O) groups is 1. The molecule has 1 saturated heterocycles. The van der Waals surface area contributed by atoms with Gasteiger partial charge in [0, 0.05) is 5.92 Å². The lowest BCUT2D eigenvalue weighted by Gasteiger charge is -2.19. The van der Waals surface area contributed by atoms with Crippen molar-refractivity contribution in [3.63, 3.8) is 0 Å². The first kappa shape index (κ1) is 10.5. The van der Waals surface area contributed by atoms with E-state index >= 15 is 0 Å². The SMILES string of the molecule is CC(Cl)C1OC(=O)C[C@H]1c1ccccc1. The summed E-state index contributed by atoms with van der Waals surface area (Å²) in [6.45, 7) is 1.86. The van der Waals surface area contributed by atoms with Crippen molar-refractivity contribution >= 4 is 17.6 Å². The average molecular weight is 225 g/mol. The zero-order valence-electron chi connectivity index (χ0n) is 8.52. The molecule has 0 bridgehead atoms. The number of ether oxygens (including phenoxy) is 1. The van der Waals surface area contributed by atoms with Crippen LogP contribution < -0.4 is 0 Å². The van der Waals surface area contributed by atoms with Crippen molar-refractivity contribution in [3.8, 4) is 0 Å². The monoisotopic (exact) mass is 224 g/mol. The second-order valence-electron chi connectivity index (χ2n) is 3.85. The molecule has 1 aliphatic heterocycles. The van der Waals surface area contributed by atoms with Crippen LogP contribution in [0.15, 0.2) is 30.3 Å². The summed E-state index contributed by atoms with van der Waals surface area (Å²) in [7, 11) is 0.